The third-order valence-electron chi connectivity index (χ3n) is 4.31. The minimum absolute atomic E-state index is 0.0446. The van der Waals surface area contributed by atoms with Crippen LogP contribution in [0.15, 0.2) is 48.5 Å². The first-order valence-electron chi connectivity index (χ1n) is 8.30. The van der Waals surface area contributed by atoms with Crippen molar-refractivity contribution in [1.82, 2.24) is 10.2 Å². The van der Waals surface area contributed by atoms with E-state index in [1.807, 2.05) is 24.3 Å². The van der Waals surface area contributed by atoms with Crippen molar-refractivity contribution in [3.63, 3.8) is 0 Å². The van der Waals surface area contributed by atoms with Gasteiger partial charge in [0.2, 0.25) is 5.91 Å². The predicted molar refractivity (Wildman–Crippen MR) is 95.2 cm³/mol. The lowest BCUT2D eigenvalue weighted by molar-refractivity contribution is -0.118. The van der Waals surface area contributed by atoms with Crippen LogP contribution in [-0.4, -0.2) is 44.1 Å². The highest BCUT2D eigenvalue weighted by Crippen LogP contribution is 2.29. The van der Waals surface area contributed by atoms with Gasteiger partial charge in [-0.15, -0.1) is 0 Å². The summed E-state index contributed by atoms with van der Waals surface area (Å²) in [6.45, 7) is 2.55. The van der Waals surface area contributed by atoms with Gasteiger partial charge in [-0.2, -0.15) is 0 Å². The molecule has 1 atom stereocenters. The molecule has 1 unspecified atom stereocenters. The van der Waals surface area contributed by atoms with E-state index in [-0.39, 0.29) is 24.3 Å². The molecule has 132 valence electrons. The van der Waals surface area contributed by atoms with E-state index in [2.05, 4.69) is 15.5 Å². The zero-order chi connectivity index (χ0) is 17.6. The maximum Gasteiger partial charge on any atom is 0.238 e. The van der Waals surface area contributed by atoms with Crippen LogP contribution in [0.3, 0.4) is 0 Å². The normalized spacial score (nSPS) is 17.9. The molecule has 0 radical (unpaired) electrons. The Hall–Kier alpha value is -2.44. The molecular weight excluding hydrogens is 321 g/mol. The van der Waals surface area contributed by atoms with Crippen LogP contribution in [0.4, 0.5) is 10.1 Å². The quantitative estimate of drug-likeness (QED) is 0.875. The van der Waals surface area contributed by atoms with E-state index in [9.17, 15) is 9.18 Å². The average molecular weight is 343 g/mol. The lowest BCUT2D eigenvalue weighted by Crippen LogP contribution is -2.48. The van der Waals surface area contributed by atoms with E-state index in [1.165, 1.54) is 12.1 Å². The number of hydrogen-bond donors (Lipinski definition) is 2. The monoisotopic (exact) mass is 343 g/mol. The van der Waals surface area contributed by atoms with Gasteiger partial charge in [0, 0.05) is 30.9 Å². The second-order valence-electron chi connectivity index (χ2n) is 5.99. The molecule has 6 heteroatoms. The number of anilines is 1. The SMILES string of the molecule is COc1ccccc1C1CNCCN1CC(=O)Nc1cccc(F)c1. The zero-order valence-electron chi connectivity index (χ0n) is 14.2. The van der Waals surface area contributed by atoms with E-state index in [4.69, 9.17) is 4.74 Å². The van der Waals surface area contributed by atoms with Gasteiger partial charge in [0.25, 0.3) is 0 Å². The smallest absolute Gasteiger partial charge is 0.238 e. The first-order valence-corrected chi connectivity index (χ1v) is 8.30. The highest BCUT2D eigenvalue weighted by molar-refractivity contribution is 5.92. The number of piperazine rings is 1. The van der Waals surface area contributed by atoms with Gasteiger partial charge in [0.15, 0.2) is 0 Å². The van der Waals surface area contributed by atoms with Crippen LogP contribution in [0, 0.1) is 5.82 Å². The van der Waals surface area contributed by atoms with Crippen molar-refractivity contribution < 1.29 is 13.9 Å². The topological polar surface area (TPSA) is 53.6 Å². The molecule has 5 nitrogen and oxygen atoms in total. The van der Waals surface area contributed by atoms with Crippen molar-refractivity contribution >= 4 is 11.6 Å². The number of amides is 1. The molecule has 1 aliphatic rings. The van der Waals surface area contributed by atoms with Crippen LogP contribution >= 0.6 is 0 Å². The number of halogens is 1. The molecule has 1 heterocycles. The molecule has 1 aliphatic heterocycles. The van der Waals surface area contributed by atoms with E-state index in [0.29, 0.717) is 5.69 Å². The Morgan fingerprint density at radius 2 is 2.16 bits per heavy atom. The lowest BCUT2D eigenvalue weighted by atomic mass is 10.0. The van der Waals surface area contributed by atoms with Crippen LogP contribution in [0.2, 0.25) is 0 Å². The number of ether oxygens (including phenoxy) is 1. The minimum Gasteiger partial charge on any atom is -0.496 e. The summed E-state index contributed by atoms with van der Waals surface area (Å²) in [6.07, 6.45) is 0. The lowest BCUT2D eigenvalue weighted by Gasteiger charge is -2.36. The molecule has 0 bridgehead atoms. The summed E-state index contributed by atoms with van der Waals surface area (Å²) < 4.78 is 18.7. The van der Waals surface area contributed by atoms with Gasteiger partial charge in [-0.3, -0.25) is 9.69 Å². The Balaban J connectivity index is 1.71. The molecule has 2 aromatic rings. The van der Waals surface area contributed by atoms with Crippen molar-refractivity contribution in [1.29, 1.82) is 0 Å². The number of hydrogen-bond acceptors (Lipinski definition) is 4. The summed E-state index contributed by atoms with van der Waals surface area (Å²) in [7, 11) is 1.65. The van der Waals surface area contributed by atoms with Crippen molar-refractivity contribution in [3.8, 4) is 5.75 Å². The maximum atomic E-state index is 13.3. The van der Waals surface area contributed by atoms with E-state index in [1.54, 1.807) is 19.2 Å². The summed E-state index contributed by atoms with van der Waals surface area (Å²) in [5.74, 6) is 0.283. The fraction of sp³-hybridized carbons (Fsp3) is 0.316. The fourth-order valence-corrected chi connectivity index (χ4v) is 3.14. The Bertz CT molecular complexity index is 738. The number of rotatable bonds is 5. The summed E-state index contributed by atoms with van der Waals surface area (Å²) >= 11 is 0. The molecule has 0 aliphatic carbocycles. The second kappa shape index (κ2) is 8.09. The predicted octanol–water partition coefficient (Wildman–Crippen LogP) is 2.42. The number of benzene rings is 2. The number of nitrogens with one attached hydrogen (secondary N) is 2. The highest BCUT2D eigenvalue weighted by atomic mass is 19.1. The molecular formula is C19H22FN3O2. The van der Waals surface area contributed by atoms with Gasteiger partial charge in [-0.25, -0.2) is 4.39 Å². The summed E-state index contributed by atoms with van der Waals surface area (Å²) in [5, 5.41) is 6.12. The minimum atomic E-state index is -0.369. The fourth-order valence-electron chi connectivity index (χ4n) is 3.14. The molecule has 0 spiro atoms. The maximum absolute atomic E-state index is 13.3. The summed E-state index contributed by atoms with van der Waals surface area (Å²) in [6, 6.07) is 13.8. The van der Waals surface area contributed by atoms with Gasteiger partial charge in [-0.1, -0.05) is 24.3 Å². The standard InChI is InChI=1S/C19H22FN3O2/c1-25-18-8-3-2-7-16(18)17-12-21-9-10-23(17)13-19(24)22-15-6-4-5-14(20)11-15/h2-8,11,17,21H,9-10,12-13H2,1H3,(H,22,24). The number of carbonyl (C=O) groups is 1. The van der Waals surface area contributed by atoms with E-state index < -0.39 is 0 Å². The van der Waals surface area contributed by atoms with Crippen LogP contribution in [0.25, 0.3) is 0 Å². The van der Waals surface area contributed by atoms with Crippen molar-refractivity contribution in [2.45, 2.75) is 6.04 Å². The van der Waals surface area contributed by atoms with Crippen molar-refractivity contribution in [2.75, 3.05) is 38.6 Å². The number of nitrogens with zero attached hydrogens (tertiary/aromatic N) is 1. The Morgan fingerprint density at radius 3 is 2.96 bits per heavy atom. The number of para-hydroxylation sites is 1. The third kappa shape index (κ3) is 4.35. The van der Waals surface area contributed by atoms with Gasteiger partial charge >= 0.3 is 0 Å². The average Bonchev–Trinajstić information content (AvgIpc) is 2.62. The van der Waals surface area contributed by atoms with Crippen molar-refractivity contribution in [2.24, 2.45) is 0 Å². The van der Waals surface area contributed by atoms with Crippen LogP contribution < -0.4 is 15.4 Å². The van der Waals surface area contributed by atoms with Crippen LogP contribution in [-0.2, 0) is 4.79 Å². The molecule has 25 heavy (non-hydrogen) atoms. The summed E-state index contributed by atoms with van der Waals surface area (Å²) in [5.41, 5.74) is 1.52. The molecule has 1 fully saturated rings. The molecule has 2 aromatic carbocycles. The van der Waals surface area contributed by atoms with E-state index >= 15 is 0 Å². The van der Waals surface area contributed by atoms with Gasteiger partial charge < -0.3 is 15.4 Å². The first kappa shape index (κ1) is 17.4. The Kier molecular flexibility index (Phi) is 5.63. The molecule has 0 aromatic heterocycles. The van der Waals surface area contributed by atoms with Crippen molar-refractivity contribution in [3.05, 3.63) is 59.9 Å². The van der Waals surface area contributed by atoms with Crippen LogP contribution in [0.1, 0.15) is 11.6 Å². The number of carbonyl (C=O) groups excluding carboxylic acids is 1. The molecule has 1 saturated heterocycles. The third-order valence-corrected chi connectivity index (χ3v) is 4.31. The van der Waals surface area contributed by atoms with Crippen LogP contribution in [0.5, 0.6) is 5.75 Å². The molecule has 3 rings (SSSR count). The number of methoxy groups -OCH3 is 1. The second-order valence-corrected chi connectivity index (χ2v) is 5.99. The first-order chi connectivity index (χ1) is 12.2. The zero-order valence-corrected chi connectivity index (χ0v) is 14.2. The molecule has 0 saturated carbocycles. The van der Waals surface area contributed by atoms with Gasteiger partial charge in [0.05, 0.1) is 19.7 Å². The molecule has 1 amide bonds. The molecule has 2 N–H and O–H groups in total. The van der Waals surface area contributed by atoms with E-state index in [0.717, 1.165) is 30.9 Å². The largest absolute Gasteiger partial charge is 0.496 e. The Morgan fingerprint density at radius 1 is 1.32 bits per heavy atom. The van der Waals surface area contributed by atoms with Gasteiger partial charge in [0.1, 0.15) is 11.6 Å². The summed E-state index contributed by atoms with van der Waals surface area (Å²) in [4.78, 5) is 14.5. The Labute approximate surface area is 146 Å². The van der Waals surface area contributed by atoms with Gasteiger partial charge in [-0.05, 0) is 24.3 Å². The highest BCUT2D eigenvalue weighted by Gasteiger charge is 2.27.